The molecule has 6 heteroatoms. The van der Waals surface area contributed by atoms with Crippen LogP contribution >= 0.6 is 0 Å². The molecule has 0 fully saturated rings. The van der Waals surface area contributed by atoms with Crippen LogP contribution in [0.5, 0.6) is 5.75 Å². The van der Waals surface area contributed by atoms with Crippen LogP contribution in [0.3, 0.4) is 0 Å². The van der Waals surface area contributed by atoms with E-state index >= 15 is 0 Å². The van der Waals surface area contributed by atoms with Crippen LogP contribution in [0.2, 0.25) is 0 Å². The zero-order valence-corrected chi connectivity index (χ0v) is 19.5. The van der Waals surface area contributed by atoms with E-state index in [9.17, 15) is 8.42 Å². The zero-order chi connectivity index (χ0) is 22.2. The Labute approximate surface area is 184 Å². The number of furan rings is 1. The molecule has 1 atom stereocenters. The molecule has 0 amide bonds. The number of fused-ring (bicyclic) bond motifs is 3. The summed E-state index contributed by atoms with van der Waals surface area (Å²) >= 11 is 0. The van der Waals surface area contributed by atoms with Gasteiger partial charge in [0.2, 0.25) is 0 Å². The van der Waals surface area contributed by atoms with Crippen molar-refractivity contribution in [2.24, 2.45) is 11.3 Å². The minimum absolute atomic E-state index is 0.204. The van der Waals surface area contributed by atoms with E-state index < -0.39 is 10.0 Å². The molecule has 1 unspecified atom stereocenters. The molecule has 0 radical (unpaired) electrons. The summed E-state index contributed by atoms with van der Waals surface area (Å²) in [6.45, 7) is 9.34. The maximum atomic E-state index is 12.9. The molecular weight excluding hydrogens is 410 g/mol. The first kappa shape index (κ1) is 21.8. The number of sulfonamides is 1. The van der Waals surface area contributed by atoms with Gasteiger partial charge < -0.3 is 9.15 Å². The molecule has 0 bridgehead atoms. The lowest BCUT2D eigenvalue weighted by atomic mass is 9.69. The smallest absolute Gasteiger partial charge is 0.261 e. The highest BCUT2D eigenvalue weighted by molar-refractivity contribution is 7.92. The summed E-state index contributed by atoms with van der Waals surface area (Å²) < 4.78 is 40.0. The van der Waals surface area contributed by atoms with Crippen molar-refractivity contribution in [2.75, 3.05) is 11.3 Å². The van der Waals surface area contributed by atoms with Gasteiger partial charge in [-0.25, -0.2) is 8.42 Å². The van der Waals surface area contributed by atoms with E-state index in [1.807, 2.05) is 19.1 Å². The van der Waals surface area contributed by atoms with Crippen LogP contribution in [0.1, 0.15) is 51.9 Å². The molecule has 1 heterocycles. The average Bonchev–Trinajstić information content (AvgIpc) is 3.11. The summed E-state index contributed by atoms with van der Waals surface area (Å²) in [4.78, 5) is 0.204. The maximum Gasteiger partial charge on any atom is 0.261 e. The van der Waals surface area contributed by atoms with Crippen molar-refractivity contribution in [3.05, 3.63) is 53.8 Å². The lowest BCUT2D eigenvalue weighted by Crippen LogP contribution is -2.28. The molecule has 4 rings (SSSR count). The van der Waals surface area contributed by atoms with Crippen molar-refractivity contribution in [3.63, 3.8) is 0 Å². The molecule has 2 aromatic carbocycles. The predicted octanol–water partition coefficient (Wildman–Crippen LogP) is 6.17. The van der Waals surface area contributed by atoms with Crippen molar-refractivity contribution < 1.29 is 17.6 Å². The van der Waals surface area contributed by atoms with Gasteiger partial charge in [-0.3, -0.25) is 4.72 Å². The quantitative estimate of drug-likeness (QED) is 0.476. The van der Waals surface area contributed by atoms with E-state index in [0.717, 1.165) is 42.4 Å². The summed E-state index contributed by atoms with van der Waals surface area (Å²) in [5.74, 6) is 2.29. The number of nitrogens with one attached hydrogen (secondary N) is 1. The standard InChI is InChI=1S/C25H31NO4S/c1-5-25(3,4)17-7-13-23-21(15-17)22-16-18(8-14-24(22)30-23)26-31(27,28)20-11-9-19(10-12-20)29-6-2/h8-12,14,16-17,26H,5-7,13,15H2,1-4H3. The van der Waals surface area contributed by atoms with Gasteiger partial charge in [-0.15, -0.1) is 0 Å². The van der Waals surface area contributed by atoms with Gasteiger partial charge in [0, 0.05) is 23.1 Å². The largest absolute Gasteiger partial charge is 0.494 e. The normalized spacial score (nSPS) is 16.8. The highest BCUT2D eigenvalue weighted by Gasteiger charge is 2.33. The predicted molar refractivity (Wildman–Crippen MR) is 124 cm³/mol. The van der Waals surface area contributed by atoms with Crippen LogP contribution in [-0.2, 0) is 22.9 Å². The first-order valence-corrected chi connectivity index (χ1v) is 12.5. The van der Waals surface area contributed by atoms with Crippen molar-refractivity contribution >= 4 is 26.7 Å². The number of anilines is 1. The maximum absolute atomic E-state index is 12.9. The molecule has 0 saturated heterocycles. The minimum Gasteiger partial charge on any atom is -0.494 e. The highest BCUT2D eigenvalue weighted by Crippen LogP contribution is 2.43. The lowest BCUT2D eigenvalue weighted by molar-refractivity contribution is 0.179. The molecule has 3 aromatic rings. The number of aryl methyl sites for hydroxylation is 1. The summed E-state index contributed by atoms with van der Waals surface area (Å²) in [6.07, 6.45) is 4.17. The Hall–Kier alpha value is -2.47. The number of benzene rings is 2. The average molecular weight is 442 g/mol. The fourth-order valence-electron chi connectivity index (χ4n) is 4.39. The van der Waals surface area contributed by atoms with E-state index in [-0.39, 0.29) is 10.3 Å². The van der Waals surface area contributed by atoms with E-state index in [1.165, 1.54) is 5.56 Å². The number of rotatable bonds is 7. The Morgan fingerprint density at radius 3 is 2.55 bits per heavy atom. The fourth-order valence-corrected chi connectivity index (χ4v) is 5.44. The van der Waals surface area contributed by atoms with Crippen LogP contribution in [-0.4, -0.2) is 15.0 Å². The monoisotopic (exact) mass is 441 g/mol. The molecule has 1 aromatic heterocycles. The molecule has 0 spiro atoms. The van der Waals surface area contributed by atoms with Gasteiger partial charge in [-0.1, -0.05) is 27.2 Å². The van der Waals surface area contributed by atoms with Gasteiger partial charge in [0.1, 0.15) is 17.1 Å². The SMILES string of the molecule is CCOc1ccc(S(=O)(=O)Nc2ccc3oc4c(c3c2)CC(C(C)(C)CC)CC4)cc1. The Bertz CT molecular complexity index is 1180. The van der Waals surface area contributed by atoms with Crippen LogP contribution in [0.25, 0.3) is 11.0 Å². The molecule has 1 N–H and O–H groups in total. The first-order chi connectivity index (χ1) is 14.7. The lowest BCUT2D eigenvalue weighted by Gasteiger charge is -2.36. The summed E-state index contributed by atoms with van der Waals surface area (Å²) in [7, 11) is -3.69. The fraction of sp³-hybridized carbons (Fsp3) is 0.440. The van der Waals surface area contributed by atoms with Crippen LogP contribution < -0.4 is 9.46 Å². The summed E-state index contributed by atoms with van der Waals surface area (Å²) in [5, 5.41) is 1.01. The zero-order valence-electron chi connectivity index (χ0n) is 18.7. The Morgan fingerprint density at radius 2 is 1.87 bits per heavy atom. The van der Waals surface area contributed by atoms with Crippen LogP contribution in [0, 0.1) is 11.3 Å². The van der Waals surface area contributed by atoms with Gasteiger partial charge in [-0.05, 0) is 73.6 Å². The third-order valence-electron chi connectivity index (χ3n) is 6.76. The summed E-state index contributed by atoms with van der Waals surface area (Å²) in [6, 6.07) is 12.0. The van der Waals surface area contributed by atoms with Gasteiger partial charge in [-0.2, -0.15) is 0 Å². The van der Waals surface area contributed by atoms with Crippen molar-refractivity contribution in [1.82, 2.24) is 0 Å². The molecule has 1 aliphatic carbocycles. The van der Waals surface area contributed by atoms with E-state index in [2.05, 4.69) is 25.5 Å². The molecule has 5 nitrogen and oxygen atoms in total. The van der Waals surface area contributed by atoms with Gasteiger partial charge >= 0.3 is 0 Å². The van der Waals surface area contributed by atoms with Crippen molar-refractivity contribution in [1.29, 1.82) is 0 Å². The third-order valence-corrected chi connectivity index (χ3v) is 8.16. The molecule has 0 aliphatic heterocycles. The molecule has 31 heavy (non-hydrogen) atoms. The van der Waals surface area contributed by atoms with Gasteiger partial charge in [0.05, 0.1) is 11.5 Å². The minimum atomic E-state index is -3.69. The summed E-state index contributed by atoms with van der Waals surface area (Å²) in [5.41, 5.74) is 2.87. The second-order valence-electron chi connectivity index (χ2n) is 9.01. The number of hydrogen-bond acceptors (Lipinski definition) is 4. The van der Waals surface area contributed by atoms with Gasteiger partial charge in [0.25, 0.3) is 10.0 Å². The van der Waals surface area contributed by atoms with E-state index in [4.69, 9.17) is 9.15 Å². The third kappa shape index (κ3) is 4.31. The van der Waals surface area contributed by atoms with E-state index in [1.54, 1.807) is 30.3 Å². The highest BCUT2D eigenvalue weighted by atomic mass is 32.2. The second-order valence-corrected chi connectivity index (χ2v) is 10.7. The van der Waals surface area contributed by atoms with E-state index in [0.29, 0.717) is 24.0 Å². The van der Waals surface area contributed by atoms with Crippen LogP contribution in [0.15, 0.2) is 51.8 Å². The Kier molecular flexibility index (Phi) is 5.77. The molecular formula is C25H31NO4S. The second kappa shape index (κ2) is 8.23. The van der Waals surface area contributed by atoms with Crippen molar-refractivity contribution in [2.45, 2.75) is 58.3 Å². The number of ether oxygens (including phenoxy) is 1. The van der Waals surface area contributed by atoms with Crippen LogP contribution in [0.4, 0.5) is 5.69 Å². The molecule has 166 valence electrons. The molecule has 1 aliphatic rings. The first-order valence-electron chi connectivity index (χ1n) is 11.0. The van der Waals surface area contributed by atoms with Gasteiger partial charge in [0.15, 0.2) is 0 Å². The molecule has 0 saturated carbocycles. The topological polar surface area (TPSA) is 68.5 Å². The van der Waals surface area contributed by atoms with Crippen molar-refractivity contribution in [3.8, 4) is 5.75 Å². The Morgan fingerprint density at radius 1 is 1.13 bits per heavy atom. The number of hydrogen-bond donors (Lipinski definition) is 1. The Balaban J connectivity index is 1.62.